The lowest BCUT2D eigenvalue weighted by Crippen LogP contribution is -2.40. The number of ether oxygens (including phenoxy) is 1. The van der Waals surface area contributed by atoms with Crippen molar-refractivity contribution >= 4 is 33.6 Å². The topological polar surface area (TPSA) is 107 Å². The highest BCUT2D eigenvalue weighted by Gasteiger charge is 2.37. The van der Waals surface area contributed by atoms with Crippen molar-refractivity contribution in [1.29, 1.82) is 0 Å². The van der Waals surface area contributed by atoms with Crippen LogP contribution in [0.4, 0.5) is 0 Å². The maximum Gasteiger partial charge on any atom is 0.223 e. The number of hydrogen-bond acceptors (Lipinski definition) is 5. The first kappa shape index (κ1) is 34.4. The van der Waals surface area contributed by atoms with Crippen LogP contribution in [0.25, 0.3) is 44.2 Å². The molecule has 9 nitrogen and oxygen atoms in total. The van der Waals surface area contributed by atoms with Gasteiger partial charge < -0.3 is 24.5 Å². The van der Waals surface area contributed by atoms with Crippen LogP contribution >= 0.6 is 0 Å². The Hall–Kier alpha value is -4.66. The Balaban J connectivity index is 1.12. The number of fused-ring (bicyclic) bond motifs is 6. The smallest absolute Gasteiger partial charge is 0.223 e. The zero-order valence-corrected chi connectivity index (χ0v) is 31.5. The minimum atomic E-state index is -0.136. The molecule has 0 radical (unpaired) electrons. The fourth-order valence-electron chi connectivity index (χ4n) is 8.63. The molecule has 0 bridgehead atoms. The molecule has 2 amide bonds. The summed E-state index contributed by atoms with van der Waals surface area (Å²) in [5.74, 6) is 3.45. The van der Waals surface area contributed by atoms with E-state index in [-0.39, 0.29) is 36.0 Å². The molecule has 3 aliphatic rings. The van der Waals surface area contributed by atoms with Gasteiger partial charge in [0.1, 0.15) is 24.0 Å². The van der Waals surface area contributed by atoms with E-state index in [0.717, 1.165) is 112 Å². The molecule has 1 saturated carbocycles. The predicted octanol–water partition coefficient (Wildman–Crippen LogP) is 9.88. The van der Waals surface area contributed by atoms with Crippen LogP contribution in [0.1, 0.15) is 140 Å². The van der Waals surface area contributed by atoms with Crippen molar-refractivity contribution in [2.24, 2.45) is 0 Å². The standard InChI is InChI=1S/C43H52N6O3/c1-7-10-37(50)48(24(4)9-3)26(6)42-45-39(27-13-14-27)40(46-42)29-15-17-31-30(20-29)23-52-36-22-32-28(21-33(31)36)16-18-34-41(32)47-43(44-34)35-19-12-25(5)49(35)38(51)11-8-2/h15-18,20-22,24-27,35H,7-14,19,23H2,1-6H3,(H,44,47)(H,45,46)/t24-,25-,26-,35-/m0/s1. The molecule has 1 aliphatic carbocycles. The van der Waals surface area contributed by atoms with E-state index in [4.69, 9.17) is 14.7 Å². The highest BCUT2D eigenvalue weighted by molar-refractivity contribution is 6.07. The summed E-state index contributed by atoms with van der Waals surface area (Å²) in [4.78, 5) is 47.9. The third-order valence-corrected chi connectivity index (χ3v) is 11.7. The van der Waals surface area contributed by atoms with Gasteiger partial charge in [-0.15, -0.1) is 0 Å². The maximum atomic E-state index is 13.2. The number of amides is 2. The Kier molecular flexibility index (Phi) is 9.08. The van der Waals surface area contributed by atoms with Crippen LogP contribution in [0.15, 0.2) is 42.5 Å². The molecular weight excluding hydrogens is 649 g/mol. The predicted molar refractivity (Wildman–Crippen MR) is 206 cm³/mol. The van der Waals surface area contributed by atoms with E-state index >= 15 is 0 Å². The monoisotopic (exact) mass is 700 g/mol. The van der Waals surface area contributed by atoms with E-state index in [1.165, 1.54) is 5.56 Å². The molecule has 4 atom stereocenters. The third-order valence-electron chi connectivity index (χ3n) is 11.7. The molecule has 2 aromatic heterocycles. The molecule has 9 heteroatoms. The normalized spacial score (nSPS) is 19.4. The molecular formula is C43H52N6O3. The van der Waals surface area contributed by atoms with Crippen molar-refractivity contribution < 1.29 is 14.3 Å². The van der Waals surface area contributed by atoms with Crippen LogP contribution in [0.2, 0.25) is 0 Å². The van der Waals surface area contributed by atoms with E-state index in [1.54, 1.807) is 0 Å². The van der Waals surface area contributed by atoms with Gasteiger partial charge in [-0.25, -0.2) is 9.97 Å². The number of aromatic nitrogens is 4. The van der Waals surface area contributed by atoms with E-state index in [0.29, 0.717) is 25.4 Å². The Morgan fingerprint density at radius 1 is 0.942 bits per heavy atom. The summed E-state index contributed by atoms with van der Waals surface area (Å²) in [6.45, 7) is 13.1. The summed E-state index contributed by atoms with van der Waals surface area (Å²) in [5.41, 5.74) is 8.59. The van der Waals surface area contributed by atoms with Crippen LogP contribution in [0, 0.1) is 0 Å². The van der Waals surface area contributed by atoms with Gasteiger partial charge in [0.25, 0.3) is 0 Å². The van der Waals surface area contributed by atoms with E-state index < -0.39 is 0 Å². The molecule has 8 rings (SSSR count). The number of hydrogen-bond donors (Lipinski definition) is 2. The van der Waals surface area contributed by atoms with Crippen molar-refractivity contribution in [3.05, 3.63) is 65.4 Å². The summed E-state index contributed by atoms with van der Waals surface area (Å²) in [6, 6.07) is 15.5. The molecule has 2 N–H and O–H groups in total. The van der Waals surface area contributed by atoms with Crippen molar-refractivity contribution in [2.45, 2.75) is 136 Å². The summed E-state index contributed by atoms with van der Waals surface area (Å²) >= 11 is 0. The number of nitrogens with one attached hydrogen (secondary N) is 2. The van der Waals surface area contributed by atoms with Gasteiger partial charge in [-0.1, -0.05) is 39.0 Å². The lowest BCUT2D eigenvalue weighted by Gasteiger charge is -2.33. The van der Waals surface area contributed by atoms with E-state index in [2.05, 4.69) is 94.0 Å². The van der Waals surface area contributed by atoms with E-state index in [9.17, 15) is 9.59 Å². The second-order valence-corrected chi connectivity index (χ2v) is 15.4. The van der Waals surface area contributed by atoms with Gasteiger partial charge in [0, 0.05) is 47.4 Å². The molecule has 0 unspecified atom stereocenters. The molecule has 2 fully saturated rings. The minimum absolute atomic E-state index is 0.0246. The highest BCUT2D eigenvalue weighted by atomic mass is 16.5. The quantitative estimate of drug-likeness (QED) is 0.143. The molecule has 4 heterocycles. The van der Waals surface area contributed by atoms with Gasteiger partial charge in [-0.05, 0) is 106 Å². The largest absolute Gasteiger partial charge is 0.488 e. The van der Waals surface area contributed by atoms with Gasteiger partial charge in [-0.3, -0.25) is 9.59 Å². The number of aromatic amines is 2. The Bertz CT molecular complexity index is 2160. The summed E-state index contributed by atoms with van der Waals surface area (Å²) in [7, 11) is 0. The highest BCUT2D eigenvalue weighted by Crippen LogP contribution is 2.47. The van der Waals surface area contributed by atoms with Crippen molar-refractivity contribution in [3.63, 3.8) is 0 Å². The number of nitrogens with zero attached hydrogens (tertiary/aromatic N) is 4. The van der Waals surface area contributed by atoms with Crippen molar-refractivity contribution in [3.8, 4) is 28.1 Å². The first-order chi connectivity index (χ1) is 25.2. The molecule has 5 aromatic rings. The zero-order valence-electron chi connectivity index (χ0n) is 31.5. The minimum Gasteiger partial charge on any atom is -0.488 e. The number of H-pyrrole nitrogens is 2. The Morgan fingerprint density at radius 2 is 1.75 bits per heavy atom. The zero-order chi connectivity index (χ0) is 36.3. The van der Waals surface area contributed by atoms with E-state index in [1.807, 2.05) is 9.80 Å². The third kappa shape index (κ3) is 5.96. The number of likely N-dealkylation sites (tertiary alicyclic amines) is 1. The van der Waals surface area contributed by atoms with Crippen molar-refractivity contribution in [2.75, 3.05) is 0 Å². The Morgan fingerprint density at radius 3 is 2.50 bits per heavy atom. The molecule has 3 aromatic carbocycles. The number of carbonyl (C=O) groups is 2. The molecule has 2 aliphatic heterocycles. The second kappa shape index (κ2) is 13.7. The Labute approximate surface area is 306 Å². The molecule has 272 valence electrons. The van der Waals surface area contributed by atoms with Crippen LogP contribution in [-0.2, 0) is 16.2 Å². The van der Waals surface area contributed by atoms with Gasteiger partial charge in [-0.2, -0.15) is 0 Å². The average Bonchev–Trinajstić information content (AvgIpc) is 3.54. The number of carbonyl (C=O) groups excluding carboxylic acids is 2. The second-order valence-electron chi connectivity index (χ2n) is 15.4. The molecule has 1 saturated heterocycles. The average molecular weight is 701 g/mol. The SMILES string of the molecule is CCCC(=O)N([C@@H](C)CC)[C@@H](C)c1nc(C2CC2)c(-c2ccc3c(c2)COc2cc4c(ccc5nc([C@@H]6CC[C@H](C)N6C(=O)CCC)[nH]c54)cc2-3)[nH]1. The van der Waals surface area contributed by atoms with Gasteiger partial charge in [0.15, 0.2) is 0 Å². The van der Waals surface area contributed by atoms with Gasteiger partial charge >= 0.3 is 0 Å². The number of imidazole rings is 2. The van der Waals surface area contributed by atoms with Crippen LogP contribution in [-0.4, -0.2) is 53.6 Å². The fourth-order valence-corrected chi connectivity index (χ4v) is 8.63. The number of benzene rings is 3. The fraction of sp³-hybridized carbons (Fsp3) is 0.488. The molecule has 0 spiro atoms. The lowest BCUT2D eigenvalue weighted by atomic mass is 9.92. The maximum absolute atomic E-state index is 13.2. The van der Waals surface area contributed by atoms with Gasteiger partial charge in [0.2, 0.25) is 11.8 Å². The van der Waals surface area contributed by atoms with Crippen molar-refractivity contribution in [1.82, 2.24) is 29.7 Å². The first-order valence-corrected chi connectivity index (χ1v) is 19.7. The lowest BCUT2D eigenvalue weighted by molar-refractivity contribution is -0.136. The van der Waals surface area contributed by atoms with Crippen LogP contribution in [0.5, 0.6) is 5.75 Å². The summed E-state index contributed by atoms with van der Waals surface area (Å²) in [5, 5.41) is 2.19. The number of rotatable bonds is 11. The van der Waals surface area contributed by atoms with Crippen LogP contribution < -0.4 is 4.74 Å². The first-order valence-electron chi connectivity index (χ1n) is 19.7. The molecule has 52 heavy (non-hydrogen) atoms. The summed E-state index contributed by atoms with van der Waals surface area (Å²) in [6.07, 6.45) is 7.89. The van der Waals surface area contributed by atoms with Crippen LogP contribution in [0.3, 0.4) is 0 Å². The summed E-state index contributed by atoms with van der Waals surface area (Å²) < 4.78 is 6.49. The van der Waals surface area contributed by atoms with Gasteiger partial charge in [0.05, 0.1) is 34.5 Å².